The predicted octanol–water partition coefficient (Wildman–Crippen LogP) is 6.35. The maximum absolute atomic E-state index is 12.4. The number of benzene rings is 3. The topological polar surface area (TPSA) is 143 Å². The molecule has 0 radical (unpaired) electrons. The van der Waals surface area contributed by atoms with Crippen molar-refractivity contribution < 1.29 is 28.9 Å². The standard InChI is InChI=1S/C24H15Cl2N3O8/c1-2-35-22-10-13(9-18-24(30)37-23(27-18)16-6-4-14(25)11-17(16)26)3-7-21(22)36-20-8-5-15(28(31)32)12-19(20)29(33)34/h3-12H,2H2,1H3/b18-9-. The van der Waals surface area contributed by atoms with Crippen LogP contribution in [0.25, 0.3) is 6.08 Å². The van der Waals surface area contributed by atoms with Crippen LogP contribution in [-0.2, 0) is 9.53 Å². The van der Waals surface area contributed by atoms with Crippen molar-refractivity contribution in [1.82, 2.24) is 0 Å². The number of rotatable bonds is 8. The Morgan fingerprint density at radius 2 is 1.73 bits per heavy atom. The minimum atomic E-state index is -0.782. The molecule has 0 aliphatic carbocycles. The van der Waals surface area contributed by atoms with Gasteiger partial charge in [-0.3, -0.25) is 20.2 Å². The van der Waals surface area contributed by atoms with Crippen LogP contribution in [0.2, 0.25) is 10.0 Å². The lowest BCUT2D eigenvalue weighted by Gasteiger charge is -2.12. The lowest BCUT2D eigenvalue weighted by atomic mass is 10.1. The summed E-state index contributed by atoms with van der Waals surface area (Å²) >= 11 is 12.1. The van der Waals surface area contributed by atoms with Gasteiger partial charge in [0.25, 0.3) is 5.69 Å². The number of nitrogens with zero attached hydrogens (tertiary/aromatic N) is 3. The van der Waals surface area contributed by atoms with E-state index in [4.69, 9.17) is 37.4 Å². The number of aliphatic imine (C=N–C) groups is 1. The fourth-order valence-corrected chi connectivity index (χ4v) is 3.77. The molecule has 11 nitrogen and oxygen atoms in total. The average Bonchev–Trinajstić information content (AvgIpc) is 3.20. The highest BCUT2D eigenvalue weighted by Crippen LogP contribution is 2.39. The van der Waals surface area contributed by atoms with Gasteiger partial charge in [-0.05, 0) is 55.0 Å². The molecular weight excluding hydrogens is 529 g/mol. The van der Waals surface area contributed by atoms with Crippen LogP contribution in [-0.4, -0.2) is 28.3 Å². The highest BCUT2D eigenvalue weighted by molar-refractivity contribution is 6.37. The third-order valence-corrected chi connectivity index (χ3v) is 5.47. The van der Waals surface area contributed by atoms with E-state index in [0.29, 0.717) is 16.1 Å². The monoisotopic (exact) mass is 543 g/mol. The Labute approximate surface area is 218 Å². The number of nitro groups is 2. The van der Waals surface area contributed by atoms with Crippen molar-refractivity contribution in [1.29, 1.82) is 0 Å². The second-order valence-corrected chi connectivity index (χ2v) is 8.21. The van der Waals surface area contributed by atoms with Gasteiger partial charge in [0, 0.05) is 11.1 Å². The number of carbonyl (C=O) groups is 1. The molecule has 0 spiro atoms. The highest BCUT2D eigenvalue weighted by atomic mass is 35.5. The number of carbonyl (C=O) groups excluding carboxylic acids is 1. The summed E-state index contributed by atoms with van der Waals surface area (Å²) in [5, 5.41) is 23.1. The Morgan fingerprint density at radius 3 is 2.41 bits per heavy atom. The molecule has 0 fully saturated rings. The molecule has 37 heavy (non-hydrogen) atoms. The maximum atomic E-state index is 12.4. The van der Waals surface area contributed by atoms with Gasteiger partial charge < -0.3 is 14.2 Å². The van der Waals surface area contributed by atoms with Gasteiger partial charge in [-0.25, -0.2) is 9.79 Å². The predicted molar refractivity (Wildman–Crippen MR) is 135 cm³/mol. The van der Waals surface area contributed by atoms with Gasteiger partial charge in [0.1, 0.15) is 0 Å². The molecule has 0 aromatic heterocycles. The number of esters is 1. The van der Waals surface area contributed by atoms with Gasteiger partial charge in [0.05, 0.1) is 33.1 Å². The molecule has 1 heterocycles. The summed E-state index contributed by atoms with van der Waals surface area (Å²) in [5.41, 5.74) is -0.142. The van der Waals surface area contributed by atoms with Crippen molar-refractivity contribution in [2.75, 3.05) is 6.61 Å². The average molecular weight is 544 g/mol. The van der Waals surface area contributed by atoms with Crippen LogP contribution in [0.4, 0.5) is 11.4 Å². The maximum Gasteiger partial charge on any atom is 0.363 e. The van der Waals surface area contributed by atoms with E-state index in [-0.39, 0.29) is 40.5 Å². The Balaban J connectivity index is 1.66. The van der Waals surface area contributed by atoms with Crippen molar-refractivity contribution >= 4 is 52.5 Å². The first kappa shape index (κ1) is 25.6. The van der Waals surface area contributed by atoms with E-state index in [1.807, 2.05) is 0 Å². The zero-order valence-corrected chi connectivity index (χ0v) is 20.4. The summed E-state index contributed by atoms with van der Waals surface area (Å²) in [5.74, 6) is -0.557. The SMILES string of the molecule is CCOc1cc(/C=C2\N=C(c3ccc(Cl)cc3Cl)OC2=O)ccc1Oc1ccc([N+](=O)[O-])cc1[N+](=O)[O-]. The molecule has 1 aliphatic heterocycles. The number of ether oxygens (including phenoxy) is 3. The van der Waals surface area contributed by atoms with Crippen molar-refractivity contribution in [3.8, 4) is 17.2 Å². The van der Waals surface area contributed by atoms with E-state index in [2.05, 4.69) is 4.99 Å². The summed E-state index contributed by atoms with van der Waals surface area (Å²) in [6.45, 7) is 1.96. The fraction of sp³-hybridized carbons (Fsp3) is 0.0833. The molecule has 13 heteroatoms. The minimum absolute atomic E-state index is 0.00291. The van der Waals surface area contributed by atoms with Crippen molar-refractivity contribution in [3.05, 3.63) is 102 Å². The number of hydrogen-bond acceptors (Lipinski definition) is 9. The molecule has 3 aromatic rings. The lowest BCUT2D eigenvalue weighted by Crippen LogP contribution is -2.05. The van der Waals surface area contributed by atoms with Crippen LogP contribution < -0.4 is 9.47 Å². The number of nitro benzene ring substituents is 2. The van der Waals surface area contributed by atoms with E-state index in [0.717, 1.165) is 18.2 Å². The van der Waals surface area contributed by atoms with Gasteiger partial charge in [-0.2, -0.15) is 0 Å². The zero-order chi connectivity index (χ0) is 26.7. The Bertz CT molecular complexity index is 1500. The highest BCUT2D eigenvalue weighted by Gasteiger charge is 2.26. The van der Waals surface area contributed by atoms with Crippen LogP contribution in [0, 0.1) is 20.2 Å². The van der Waals surface area contributed by atoms with E-state index in [1.54, 1.807) is 31.2 Å². The summed E-state index contributed by atoms with van der Waals surface area (Å²) in [4.78, 5) is 37.5. The first-order valence-electron chi connectivity index (χ1n) is 10.5. The third kappa shape index (κ3) is 5.68. The van der Waals surface area contributed by atoms with Crippen LogP contribution in [0.15, 0.2) is 65.3 Å². The van der Waals surface area contributed by atoms with E-state index in [1.165, 1.54) is 18.2 Å². The third-order valence-electron chi connectivity index (χ3n) is 4.92. The van der Waals surface area contributed by atoms with Gasteiger partial charge in [0.2, 0.25) is 11.6 Å². The summed E-state index contributed by atoms with van der Waals surface area (Å²) in [6.07, 6.45) is 1.46. The molecule has 0 bridgehead atoms. The van der Waals surface area contributed by atoms with Crippen molar-refractivity contribution in [2.24, 2.45) is 4.99 Å². The molecule has 0 unspecified atom stereocenters. The largest absolute Gasteiger partial charge is 0.490 e. The molecule has 3 aromatic carbocycles. The first-order chi connectivity index (χ1) is 17.7. The van der Waals surface area contributed by atoms with Gasteiger partial charge in [-0.15, -0.1) is 0 Å². The lowest BCUT2D eigenvalue weighted by molar-refractivity contribution is -0.394. The molecule has 4 rings (SSSR count). The molecule has 0 atom stereocenters. The number of halogens is 2. The Kier molecular flexibility index (Phi) is 7.37. The summed E-state index contributed by atoms with van der Waals surface area (Å²) < 4.78 is 16.5. The molecule has 1 aliphatic rings. The number of non-ortho nitro benzene ring substituents is 1. The summed E-state index contributed by atoms with van der Waals surface area (Å²) in [6, 6.07) is 12.3. The van der Waals surface area contributed by atoms with Crippen LogP contribution in [0.1, 0.15) is 18.1 Å². The Hall–Kier alpha value is -4.48. The second-order valence-electron chi connectivity index (χ2n) is 7.37. The Morgan fingerprint density at radius 1 is 0.973 bits per heavy atom. The van der Waals surface area contributed by atoms with Crippen LogP contribution in [0.3, 0.4) is 0 Å². The van der Waals surface area contributed by atoms with E-state index < -0.39 is 27.2 Å². The number of cyclic esters (lactones) is 1. The molecular formula is C24H15Cl2N3O8. The first-order valence-corrected chi connectivity index (χ1v) is 11.3. The molecule has 0 saturated heterocycles. The van der Waals surface area contributed by atoms with E-state index >= 15 is 0 Å². The smallest absolute Gasteiger partial charge is 0.363 e. The van der Waals surface area contributed by atoms with Gasteiger partial charge in [-0.1, -0.05) is 29.3 Å². The van der Waals surface area contributed by atoms with Gasteiger partial charge >= 0.3 is 11.7 Å². The zero-order valence-electron chi connectivity index (χ0n) is 18.8. The van der Waals surface area contributed by atoms with Crippen molar-refractivity contribution in [3.63, 3.8) is 0 Å². The number of hydrogen-bond donors (Lipinski definition) is 0. The molecule has 188 valence electrons. The molecule has 0 saturated carbocycles. The molecule has 0 N–H and O–H groups in total. The quantitative estimate of drug-likeness (QED) is 0.138. The molecule has 0 amide bonds. The normalized spacial score (nSPS) is 13.8. The van der Waals surface area contributed by atoms with Crippen LogP contribution >= 0.6 is 23.2 Å². The summed E-state index contributed by atoms with van der Waals surface area (Å²) in [7, 11) is 0. The van der Waals surface area contributed by atoms with Crippen molar-refractivity contribution in [2.45, 2.75) is 6.92 Å². The fourth-order valence-electron chi connectivity index (χ4n) is 3.28. The van der Waals surface area contributed by atoms with Crippen LogP contribution in [0.5, 0.6) is 17.2 Å². The van der Waals surface area contributed by atoms with E-state index in [9.17, 15) is 25.0 Å². The van der Waals surface area contributed by atoms with Gasteiger partial charge in [0.15, 0.2) is 17.2 Å². The second kappa shape index (κ2) is 10.6. The minimum Gasteiger partial charge on any atom is -0.490 e.